The maximum absolute atomic E-state index is 11.6. The number of carbonyl (C=O) groups excluding carboxylic acids is 2. The third-order valence-corrected chi connectivity index (χ3v) is 3.23. The second kappa shape index (κ2) is 4.31. The number of likely N-dealkylation sites (N-methyl/N-ethyl adjacent to an activating group) is 1. The van der Waals surface area contributed by atoms with E-state index in [0.29, 0.717) is 18.6 Å². The average Bonchev–Trinajstić information content (AvgIpc) is 2.53. The van der Waals surface area contributed by atoms with E-state index in [2.05, 4.69) is 0 Å². The van der Waals surface area contributed by atoms with Gasteiger partial charge in [0.05, 0.1) is 6.10 Å². The zero-order valence-electron chi connectivity index (χ0n) is 9.07. The van der Waals surface area contributed by atoms with Gasteiger partial charge in [-0.25, -0.2) is 0 Å². The van der Waals surface area contributed by atoms with Gasteiger partial charge in [0.1, 0.15) is 11.9 Å². The number of ketones is 1. The highest BCUT2D eigenvalue weighted by Gasteiger charge is 2.32. The highest BCUT2D eigenvalue weighted by molar-refractivity contribution is 5.82. The summed E-state index contributed by atoms with van der Waals surface area (Å²) in [5, 5.41) is 0. The van der Waals surface area contributed by atoms with Gasteiger partial charge in [-0.2, -0.15) is 0 Å². The Morgan fingerprint density at radius 3 is 2.40 bits per heavy atom. The number of amides is 1. The van der Waals surface area contributed by atoms with Crippen LogP contribution in [0, 0.1) is 0 Å². The van der Waals surface area contributed by atoms with Crippen LogP contribution in [0.25, 0.3) is 0 Å². The molecule has 0 aromatic heterocycles. The van der Waals surface area contributed by atoms with E-state index in [9.17, 15) is 9.59 Å². The van der Waals surface area contributed by atoms with Gasteiger partial charge in [-0.1, -0.05) is 0 Å². The standard InChI is InChI=1S/C11H17NO3/c1-12-7-6-10(11(12)14)15-9-4-2-8(13)3-5-9/h9-10H,2-7H2,1H3. The predicted molar refractivity (Wildman–Crippen MR) is 54.4 cm³/mol. The minimum atomic E-state index is -0.256. The molecule has 1 atom stereocenters. The number of rotatable bonds is 2. The van der Waals surface area contributed by atoms with Crippen LogP contribution in [0.2, 0.25) is 0 Å². The first-order chi connectivity index (χ1) is 7.16. The maximum atomic E-state index is 11.6. The average molecular weight is 211 g/mol. The lowest BCUT2D eigenvalue weighted by molar-refractivity contribution is -0.141. The molecule has 1 saturated carbocycles. The monoisotopic (exact) mass is 211 g/mol. The lowest BCUT2D eigenvalue weighted by atomic mass is 9.96. The lowest BCUT2D eigenvalue weighted by Gasteiger charge is -2.24. The molecular weight excluding hydrogens is 194 g/mol. The Kier molecular flexibility index (Phi) is 3.05. The zero-order valence-corrected chi connectivity index (χ0v) is 9.07. The van der Waals surface area contributed by atoms with Gasteiger partial charge in [0.2, 0.25) is 0 Å². The minimum Gasteiger partial charge on any atom is -0.365 e. The first kappa shape index (κ1) is 10.6. The Morgan fingerprint density at radius 1 is 1.20 bits per heavy atom. The van der Waals surface area contributed by atoms with Crippen molar-refractivity contribution >= 4 is 11.7 Å². The predicted octanol–water partition coefficient (Wildman–Crippen LogP) is 0.745. The number of hydrogen-bond donors (Lipinski definition) is 0. The molecule has 4 nitrogen and oxygen atoms in total. The summed E-state index contributed by atoms with van der Waals surface area (Å²) in [5.74, 6) is 0.414. The Bertz CT molecular complexity index is 267. The third kappa shape index (κ3) is 2.37. The van der Waals surface area contributed by atoms with Gasteiger partial charge in [0, 0.05) is 32.9 Å². The largest absolute Gasteiger partial charge is 0.365 e. The third-order valence-electron chi connectivity index (χ3n) is 3.23. The van der Waals surface area contributed by atoms with Crippen LogP contribution in [-0.4, -0.2) is 42.4 Å². The highest BCUT2D eigenvalue weighted by Crippen LogP contribution is 2.22. The molecule has 1 aliphatic heterocycles. The van der Waals surface area contributed by atoms with E-state index in [4.69, 9.17) is 4.74 Å². The van der Waals surface area contributed by atoms with Crippen LogP contribution >= 0.6 is 0 Å². The fourth-order valence-electron chi connectivity index (χ4n) is 2.20. The van der Waals surface area contributed by atoms with Crippen molar-refractivity contribution in [3.05, 3.63) is 0 Å². The topological polar surface area (TPSA) is 46.6 Å². The van der Waals surface area contributed by atoms with E-state index in [1.807, 2.05) is 0 Å². The van der Waals surface area contributed by atoms with Crippen molar-refractivity contribution in [2.45, 2.75) is 44.3 Å². The van der Waals surface area contributed by atoms with Gasteiger partial charge in [-0.3, -0.25) is 9.59 Å². The summed E-state index contributed by atoms with van der Waals surface area (Å²) < 4.78 is 5.74. The van der Waals surface area contributed by atoms with Crippen LogP contribution in [0.5, 0.6) is 0 Å². The molecule has 1 amide bonds. The number of carbonyl (C=O) groups is 2. The number of ether oxygens (including phenoxy) is 1. The number of hydrogen-bond acceptors (Lipinski definition) is 3. The molecule has 84 valence electrons. The van der Waals surface area contributed by atoms with Gasteiger partial charge < -0.3 is 9.64 Å². The lowest BCUT2D eigenvalue weighted by Crippen LogP contribution is -2.32. The minimum absolute atomic E-state index is 0.0897. The van der Waals surface area contributed by atoms with Crippen molar-refractivity contribution in [1.29, 1.82) is 0 Å². The molecule has 1 aliphatic carbocycles. The summed E-state index contributed by atoms with van der Waals surface area (Å²) in [7, 11) is 1.80. The van der Waals surface area contributed by atoms with E-state index in [-0.39, 0.29) is 18.1 Å². The van der Waals surface area contributed by atoms with Crippen LogP contribution in [-0.2, 0) is 14.3 Å². The Balaban J connectivity index is 1.82. The second-order valence-corrected chi connectivity index (χ2v) is 4.41. The summed E-state index contributed by atoms with van der Waals surface area (Å²) in [4.78, 5) is 24.3. The molecular formula is C11H17NO3. The first-order valence-electron chi connectivity index (χ1n) is 5.59. The van der Waals surface area contributed by atoms with Crippen LogP contribution in [0.15, 0.2) is 0 Å². The molecule has 0 bridgehead atoms. The van der Waals surface area contributed by atoms with Gasteiger partial charge in [0.25, 0.3) is 5.91 Å². The number of nitrogens with zero attached hydrogens (tertiary/aromatic N) is 1. The van der Waals surface area contributed by atoms with Crippen LogP contribution in [0.1, 0.15) is 32.1 Å². The molecule has 0 aromatic carbocycles. The van der Waals surface area contributed by atoms with Crippen molar-refractivity contribution in [1.82, 2.24) is 4.90 Å². The summed E-state index contributed by atoms with van der Waals surface area (Å²) in [6.07, 6.45) is 3.44. The van der Waals surface area contributed by atoms with Crippen LogP contribution < -0.4 is 0 Å². The maximum Gasteiger partial charge on any atom is 0.251 e. The van der Waals surface area contributed by atoms with Crippen molar-refractivity contribution in [3.8, 4) is 0 Å². The van der Waals surface area contributed by atoms with E-state index >= 15 is 0 Å². The normalized spacial score (nSPS) is 28.9. The SMILES string of the molecule is CN1CCC(OC2CCC(=O)CC2)C1=O. The molecule has 2 rings (SSSR count). The van der Waals surface area contributed by atoms with Crippen molar-refractivity contribution in [3.63, 3.8) is 0 Å². The van der Waals surface area contributed by atoms with Crippen LogP contribution in [0.3, 0.4) is 0 Å². The smallest absolute Gasteiger partial charge is 0.251 e. The van der Waals surface area contributed by atoms with Crippen LogP contribution in [0.4, 0.5) is 0 Å². The molecule has 0 spiro atoms. The fraction of sp³-hybridized carbons (Fsp3) is 0.818. The molecule has 2 aliphatic rings. The van der Waals surface area contributed by atoms with Gasteiger partial charge in [-0.15, -0.1) is 0 Å². The first-order valence-corrected chi connectivity index (χ1v) is 5.59. The Hall–Kier alpha value is -0.900. The molecule has 15 heavy (non-hydrogen) atoms. The van der Waals surface area contributed by atoms with Crippen molar-refractivity contribution in [2.75, 3.05) is 13.6 Å². The van der Waals surface area contributed by atoms with E-state index in [0.717, 1.165) is 25.8 Å². The van der Waals surface area contributed by atoms with E-state index < -0.39 is 0 Å². The molecule has 2 fully saturated rings. The summed E-state index contributed by atoms with van der Waals surface area (Å²) in [5.41, 5.74) is 0. The summed E-state index contributed by atoms with van der Waals surface area (Å²) in [6.45, 7) is 0.787. The Labute approximate surface area is 89.6 Å². The highest BCUT2D eigenvalue weighted by atomic mass is 16.5. The second-order valence-electron chi connectivity index (χ2n) is 4.41. The van der Waals surface area contributed by atoms with E-state index in [1.54, 1.807) is 11.9 Å². The van der Waals surface area contributed by atoms with Gasteiger partial charge in [0.15, 0.2) is 0 Å². The molecule has 1 saturated heterocycles. The van der Waals surface area contributed by atoms with Crippen molar-refractivity contribution in [2.24, 2.45) is 0 Å². The number of Topliss-reactive ketones (excluding diaryl/α,β-unsaturated/α-hetero) is 1. The molecule has 1 unspecified atom stereocenters. The van der Waals surface area contributed by atoms with Gasteiger partial charge >= 0.3 is 0 Å². The quantitative estimate of drug-likeness (QED) is 0.677. The molecule has 1 heterocycles. The zero-order chi connectivity index (χ0) is 10.8. The van der Waals surface area contributed by atoms with E-state index in [1.165, 1.54) is 0 Å². The van der Waals surface area contributed by atoms with Gasteiger partial charge in [-0.05, 0) is 12.8 Å². The summed E-state index contributed by atoms with van der Waals surface area (Å²) in [6, 6.07) is 0. The molecule has 0 N–H and O–H groups in total. The molecule has 0 aromatic rings. The molecule has 0 radical (unpaired) electrons. The summed E-state index contributed by atoms with van der Waals surface area (Å²) >= 11 is 0. The van der Waals surface area contributed by atoms with Crippen molar-refractivity contribution < 1.29 is 14.3 Å². The Morgan fingerprint density at radius 2 is 1.87 bits per heavy atom. The fourth-order valence-corrected chi connectivity index (χ4v) is 2.20. The number of likely N-dealkylation sites (tertiary alicyclic amines) is 1. The molecule has 4 heteroatoms.